The van der Waals surface area contributed by atoms with Gasteiger partial charge in [0.05, 0.1) is 13.2 Å². The number of nitrogens with one attached hydrogen (secondary N) is 1. The Hall–Kier alpha value is -1.59. The quantitative estimate of drug-likeness (QED) is 0.902. The molecule has 3 rings (SSSR count). The van der Waals surface area contributed by atoms with Gasteiger partial charge in [-0.15, -0.1) is 0 Å². The summed E-state index contributed by atoms with van der Waals surface area (Å²) in [6, 6.07) is 8.45. The third-order valence-electron chi connectivity index (χ3n) is 4.62. The maximum atomic E-state index is 12.0. The van der Waals surface area contributed by atoms with E-state index in [1.165, 1.54) is 5.69 Å². The van der Waals surface area contributed by atoms with Crippen LogP contribution in [0.1, 0.15) is 24.8 Å². The summed E-state index contributed by atoms with van der Waals surface area (Å²) in [5, 5.41) is 3.03. The molecule has 2 aliphatic rings. The predicted molar refractivity (Wildman–Crippen MR) is 89.5 cm³/mol. The average molecular weight is 318 g/mol. The topological polar surface area (TPSA) is 50.8 Å². The van der Waals surface area contributed by atoms with Crippen LogP contribution in [0.25, 0.3) is 0 Å². The van der Waals surface area contributed by atoms with E-state index in [0.29, 0.717) is 18.9 Å². The van der Waals surface area contributed by atoms with Gasteiger partial charge >= 0.3 is 0 Å². The molecule has 2 fully saturated rings. The molecular weight excluding hydrogens is 292 g/mol. The number of rotatable bonds is 5. The molecular formula is C18H26N2O3. The molecule has 0 bridgehead atoms. The molecule has 1 amide bonds. The lowest BCUT2D eigenvalue weighted by molar-refractivity contribution is -0.122. The fourth-order valence-electron chi connectivity index (χ4n) is 3.13. The number of hydrogen-bond acceptors (Lipinski definition) is 4. The van der Waals surface area contributed by atoms with Crippen molar-refractivity contribution in [1.29, 1.82) is 0 Å². The molecule has 0 aromatic heterocycles. The second kappa shape index (κ2) is 8.31. The summed E-state index contributed by atoms with van der Waals surface area (Å²) in [5.41, 5.74) is 2.37. The molecule has 2 aliphatic heterocycles. The van der Waals surface area contributed by atoms with Crippen molar-refractivity contribution in [2.75, 3.05) is 44.4 Å². The molecule has 1 N–H and O–H groups in total. The van der Waals surface area contributed by atoms with Gasteiger partial charge in [-0.3, -0.25) is 4.79 Å². The molecule has 0 saturated carbocycles. The van der Waals surface area contributed by atoms with Gasteiger partial charge in [0.15, 0.2) is 0 Å². The van der Waals surface area contributed by atoms with Crippen LogP contribution in [0, 0.1) is 5.92 Å². The molecule has 2 heterocycles. The number of benzene rings is 1. The molecule has 0 spiro atoms. The minimum Gasteiger partial charge on any atom is -0.381 e. The van der Waals surface area contributed by atoms with E-state index in [9.17, 15) is 4.79 Å². The number of carbonyl (C=O) groups excluding carboxylic acids is 1. The van der Waals surface area contributed by atoms with Gasteiger partial charge in [-0.05, 0) is 36.5 Å². The van der Waals surface area contributed by atoms with Crippen LogP contribution in [0.5, 0.6) is 0 Å². The van der Waals surface area contributed by atoms with Gasteiger partial charge < -0.3 is 19.7 Å². The Balaban J connectivity index is 1.43. The van der Waals surface area contributed by atoms with Crippen LogP contribution in [0.3, 0.4) is 0 Å². The molecule has 5 heteroatoms. The first-order chi connectivity index (χ1) is 11.3. The average Bonchev–Trinajstić information content (AvgIpc) is 2.62. The van der Waals surface area contributed by atoms with E-state index in [1.807, 2.05) is 0 Å². The summed E-state index contributed by atoms with van der Waals surface area (Å²) >= 11 is 0. The van der Waals surface area contributed by atoms with E-state index in [2.05, 4.69) is 34.5 Å². The van der Waals surface area contributed by atoms with Crippen molar-refractivity contribution in [3.8, 4) is 0 Å². The van der Waals surface area contributed by atoms with Gasteiger partial charge in [-0.25, -0.2) is 0 Å². The van der Waals surface area contributed by atoms with E-state index in [1.54, 1.807) is 0 Å². The zero-order valence-electron chi connectivity index (χ0n) is 13.6. The Labute approximate surface area is 137 Å². The first kappa shape index (κ1) is 16.3. The zero-order valence-corrected chi connectivity index (χ0v) is 13.6. The van der Waals surface area contributed by atoms with Crippen LogP contribution in [0.2, 0.25) is 0 Å². The zero-order chi connectivity index (χ0) is 15.9. The molecule has 1 aromatic rings. The SMILES string of the molecule is O=C(CC1CCOCC1)NCc1ccc(N2CCOCC2)cc1. The van der Waals surface area contributed by atoms with E-state index in [4.69, 9.17) is 9.47 Å². The van der Waals surface area contributed by atoms with Crippen molar-refractivity contribution >= 4 is 11.6 Å². The molecule has 0 radical (unpaired) electrons. The van der Waals surface area contributed by atoms with Crippen molar-refractivity contribution in [2.24, 2.45) is 5.92 Å². The standard InChI is InChI=1S/C18H26N2O3/c21-18(13-15-5-9-22-10-6-15)19-14-16-1-3-17(4-2-16)20-7-11-23-12-8-20/h1-4,15H,5-14H2,(H,19,21). The molecule has 126 valence electrons. The third kappa shape index (κ3) is 4.94. The predicted octanol–water partition coefficient (Wildman–Crippen LogP) is 1.96. The molecule has 0 atom stereocenters. The summed E-state index contributed by atoms with van der Waals surface area (Å²) in [6.07, 6.45) is 2.62. The van der Waals surface area contributed by atoms with Crippen LogP contribution in [0.15, 0.2) is 24.3 Å². The maximum absolute atomic E-state index is 12.0. The van der Waals surface area contributed by atoms with Gasteiger partial charge in [-0.1, -0.05) is 12.1 Å². The highest BCUT2D eigenvalue weighted by atomic mass is 16.5. The number of nitrogens with zero attached hydrogens (tertiary/aromatic N) is 1. The van der Waals surface area contributed by atoms with Gasteiger partial charge in [0.2, 0.25) is 5.91 Å². The van der Waals surface area contributed by atoms with Crippen LogP contribution in [-0.4, -0.2) is 45.4 Å². The summed E-state index contributed by atoms with van der Waals surface area (Å²) in [7, 11) is 0. The van der Waals surface area contributed by atoms with Crippen LogP contribution in [0.4, 0.5) is 5.69 Å². The number of morpholine rings is 1. The molecule has 2 saturated heterocycles. The number of amides is 1. The number of ether oxygens (including phenoxy) is 2. The Morgan fingerprint density at radius 2 is 1.70 bits per heavy atom. The van der Waals surface area contributed by atoms with E-state index >= 15 is 0 Å². The molecule has 1 aromatic carbocycles. The van der Waals surface area contributed by atoms with Gasteiger partial charge in [0.25, 0.3) is 0 Å². The number of hydrogen-bond donors (Lipinski definition) is 1. The van der Waals surface area contributed by atoms with Crippen LogP contribution >= 0.6 is 0 Å². The van der Waals surface area contributed by atoms with Crippen molar-refractivity contribution in [3.63, 3.8) is 0 Å². The lowest BCUT2D eigenvalue weighted by atomic mass is 9.96. The Kier molecular flexibility index (Phi) is 5.88. The van der Waals surface area contributed by atoms with Gasteiger partial charge in [0, 0.05) is 45.0 Å². The van der Waals surface area contributed by atoms with E-state index < -0.39 is 0 Å². The fourth-order valence-corrected chi connectivity index (χ4v) is 3.13. The van der Waals surface area contributed by atoms with Gasteiger partial charge in [-0.2, -0.15) is 0 Å². The molecule has 0 unspecified atom stereocenters. The summed E-state index contributed by atoms with van der Waals surface area (Å²) in [6.45, 7) is 5.67. The largest absolute Gasteiger partial charge is 0.381 e. The first-order valence-corrected chi connectivity index (χ1v) is 8.57. The smallest absolute Gasteiger partial charge is 0.220 e. The lowest BCUT2D eigenvalue weighted by Gasteiger charge is -2.28. The highest BCUT2D eigenvalue weighted by Gasteiger charge is 2.17. The normalized spacial score (nSPS) is 19.6. The summed E-state index contributed by atoms with van der Waals surface area (Å²) in [4.78, 5) is 14.4. The van der Waals surface area contributed by atoms with Crippen molar-refractivity contribution in [1.82, 2.24) is 5.32 Å². The minimum atomic E-state index is 0.147. The lowest BCUT2D eigenvalue weighted by Crippen LogP contribution is -2.36. The first-order valence-electron chi connectivity index (χ1n) is 8.57. The maximum Gasteiger partial charge on any atom is 0.220 e. The molecule has 0 aliphatic carbocycles. The molecule has 5 nitrogen and oxygen atoms in total. The summed E-state index contributed by atoms with van der Waals surface area (Å²) in [5.74, 6) is 0.626. The number of anilines is 1. The second-order valence-corrected chi connectivity index (χ2v) is 6.30. The van der Waals surface area contributed by atoms with Gasteiger partial charge in [0.1, 0.15) is 0 Å². The third-order valence-corrected chi connectivity index (χ3v) is 4.62. The molecule has 23 heavy (non-hydrogen) atoms. The van der Waals surface area contributed by atoms with Crippen molar-refractivity contribution < 1.29 is 14.3 Å². The van der Waals surface area contributed by atoms with E-state index in [-0.39, 0.29) is 5.91 Å². The van der Waals surface area contributed by atoms with Crippen molar-refractivity contribution in [3.05, 3.63) is 29.8 Å². The summed E-state index contributed by atoms with van der Waals surface area (Å²) < 4.78 is 10.7. The van der Waals surface area contributed by atoms with Crippen molar-refractivity contribution in [2.45, 2.75) is 25.8 Å². The number of carbonyl (C=O) groups is 1. The Bertz CT molecular complexity index is 491. The van der Waals surface area contributed by atoms with Crippen LogP contribution < -0.4 is 10.2 Å². The van der Waals surface area contributed by atoms with Crippen LogP contribution in [-0.2, 0) is 20.8 Å². The monoisotopic (exact) mass is 318 g/mol. The second-order valence-electron chi connectivity index (χ2n) is 6.30. The highest BCUT2D eigenvalue weighted by Crippen LogP contribution is 2.19. The minimum absolute atomic E-state index is 0.147. The highest BCUT2D eigenvalue weighted by molar-refractivity contribution is 5.76. The van der Waals surface area contributed by atoms with E-state index in [0.717, 1.165) is 57.9 Å². The fraction of sp³-hybridized carbons (Fsp3) is 0.611. The Morgan fingerprint density at radius 1 is 1.04 bits per heavy atom. The Morgan fingerprint density at radius 3 is 2.39 bits per heavy atom.